The molecule has 4 aromatic heterocycles. The largest absolute Gasteiger partial charge is 0.481 e. The van der Waals surface area contributed by atoms with Gasteiger partial charge in [-0.05, 0) is 140 Å². The fourth-order valence-electron chi connectivity index (χ4n) is 10.6. The van der Waals surface area contributed by atoms with Crippen LogP contribution in [0.5, 0.6) is 5.88 Å². The maximum atomic E-state index is 13.4. The molecule has 2 saturated heterocycles. The van der Waals surface area contributed by atoms with Gasteiger partial charge in [0.25, 0.3) is 0 Å². The van der Waals surface area contributed by atoms with Gasteiger partial charge < -0.3 is 23.3 Å². The van der Waals surface area contributed by atoms with E-state index < -0.39 is 0 Å². The molecule has 6 heterocycles. The van der Waals surface area contributed by atoms with E-state index in [0.717, 1.165) is 130 Å². The smallest absolute Gasteiger partial charge is 0.215 e. The number of hydrogen-bond acceptors (Lipinski definition) is 9. The van der Waals surface area contributed by atoms with Gasteiger partial charge in [-0.3, -0.25) is 9.59 Å². The van der Waals surface area contributed by atoms with Gasteiger partial charge in [0.1, 0.15) is 39.4 Å². The van der Waals surface area contributed by atoms with E-state index >= 15 is 0 Å². The molecule has 0 aromatic carbocycles. The normalized spacial score (nSPS) is 26.1. The Kier molecular flexibility index (Phi) is 12.6. The molecular weight excluding hydrogens is 752 g/mol. The maximum absolute atomic E-state index is 13.4. The molecule has 8 rings (SSSR count). The second-order valence-electron chi connectivity index (χ2n) is 18.9. The molecule has 4 aromatic rings. The number of pyridine rings is 2. The van der Waals surface area contributed by atoms with E-state index in [1.807, 2.05) is 24.3 Å². The zero-order valence-electron chi connectivity index (χ0n) is 35.1. The number of imidazole rings is 2. The highest BCUT2D eigenvalue weighted by Gasteiger charge is 2.41. The number of methoxy groups -OCH3 is 1. The molecule has 2 saturated carbocycles. The number of unbranched alkanes of at least 4 members (excludes halogenated alkanes) is 1. The quantitative estimate of drug-likeness (QED) is 0.0713. The first-order chi connectivity index (χ1) is 27.9. The fourth-order valence-corrected chi connectivity index (χ4v) is 10.7. The third kappa shape index (κ3) is 9.63. The number of ether oxygens (including phenoxy) is 3. The average molecular weight is 815 g/mol. The number of halogens is 1. The van der Waals surface area contributed by atoms with E-state index in [-0.39, 0.29) is 11.2 Å². The predicted octanol–water partition coefficient (Wildman–Crippen LogP) is 9.95. The molecule has 314 valence electrons. The van der Waals surface area contributed by atoms with E-state index in [2.05, 4.69) is 29.9 Å². The van der Waals surface area contributed by atoms with Gasteiger partial charge in [0.2, 0.25) is 5.88 Å². The number of Topliss-reactive ketones (excluding diaryl/α,β-unsaturated/α-hetero) is 2. The summed E-state index contributed by atoms with van der Waals surface area (Å²) in [4.78, 5) is 45.7. The third-order valence-corrected chi connectivity index (χ3v) is 13.8. The van der Waals surface area contributed by atoms with Gasteiger partial charge in [-0.2, -0.15) is 4.98 Å². The number of aryl methyl sites for hydroxylation is 2. The van der Waals surface area contributed by atoms with Crippen LogP contribution in [0.2, 0.25) is 5.15 Å². The average Bonchev–Trinajstić information content (AvgIpc) is 3.67. The number of rotatable bonds is 18. The number of hydrogen-bond donors (Lipinski definition) is 0. The summed E-state index contributed by atoms with van der Waals surface area (Å²) < 4.78 is 22.4. The topological polar surface area (TPSA) is 123 Å². The zero-order valence-corrected chi connectivity index (χ0v) is 35.9. The van der Waals surface area contributed by atoms with Crippen LogP contribution in [0.3, 0.4) is 0 Å². The number of carbonyl (C=O) groups excluding carboxylic acids is 2. The minimum atomic E-state index is -0.227. The summed E-state index contributed by atoms with van der Waals surface area (Å²) in [5.74, 6) is 4.72. The molecule has 0 spiro atoms. The maximum Gasteiger partial charge on any atom is 0.215 e. The Morgan fingerprint density at radius 2 is 1.36 bits per heavy atom. The number of ketones is 2. The van der Waals surface area contributed by atoms with E-state index in [9.17, 15) is 9.59 Å². The Morgan fingerprint density at radius 3 is 2.03 bits per heavy atom. The van der Waals surface area contributed by atoms with Crippen molar-refractivity contribution in [3.8, 4) is 5.88 Å². The summed E-state index contributed by atoms with van der Waals surface area (Å²) in [6.07, 6.45) is 17.1. The van der Waals surface area contributed by atoms with Crippen molar-refractivity contribution in [1.82, 2.24) is 29.1 Å². The summed E-state index contributed by atoms with van der Waals surface area (Å²) in [5, 5.41) is 0.480. The zero-order chi connectivity index (χ0) is 40.4. The first-order valence-corrected chi connectivity index (χ1v) is 22.6. The molecule has 2 aliphatic carbocycles. The summed E-state index contributed by atoms with van der Waals surface area (Å²) in [6.45, 7) is 7.97. The number of carbonyl (C=O) groups is 2. The first kappa shape index (κ1) is 41.3. The minimum Gasteiger partial charge on any atom is -0.481 e. The van der Waals surface area contributed by atoms with Gasteiger partial charge in [0, 0.05) is 69.9 Å². The van der Waals surface area contributed by atoms with Gasteiger partial charge in [-0.1, -0.05) is 11.6 Å². The fraction of sp³-hybridized carbons (Fsp3) is 0.696. The SMILES string of the molecule is COc1ccc2nc(CCCC(=O)CC3CCOC(C)(CC4CC(n5c(CCCCC(=O)CC6CCOC(C)(C)C6)nc6ccc(Cl)nc65)C4)C3)n(C3CCC3)c2n1. The Balaban J connectivity index is 0.810. The lowest BCUT2D eigenvalue weighted by Gasteiger charge is -2.45. The molecule has 0 bridgehead atoms. The minimum absolute atomic E-state index is 0.128. The summed E-state index contributed by atoms with van der Waals surface area (Å²) in [5.41, 5.74) is 3.19. The van der Waals surface area contributed by atoms with E-state index in [4.69, 9.17) is 45.7 Å². The Hall–Kier alpha value is -3.41. The highest BCUT2D eigenvalue weighted by molar-refractivity contribution is 6.29. The molecular formula is C46H63ClN6O5. The summed E-state index contributed by atoms with van der Waals surface area (Å²) in [7, 11) is 1.65. The van der Waals surface area contributed by atoms with Crippen LogP contribution >= 0.6 is 11.6 Å². The second kappa shape index (κ2) is 17.7. The van der Waals surface area contributed by atoms with Crippen LogP contribution < -0.4 is 4.74 Å². The van der Waals surface area contributed by atoms with Crippen LogP contribution in [0.1, 0.15) is 154 Å². The molecule has 58 heavy (non-hydrogen) atoms. The third-order valence-electron chi connectivity index (χ3n) is 13.6. The van der Waals surface area contributed by atoms with Crippen LogP contribution in [0.25, 0.3) is 22.3 Å². The molecule has 0 amide bonds. The monoisotopic (exact) mass is 814 g/mol. The molecule has 0 N–H and O–H groups in total. The van der Waals surface area contributed by atoms with Crippen molar-refractivity contribution in [2.24, 2.45) is 17.8 Å². The molecule has 3 unspecified atom stereocenters. The van der Waals surface area contributed by atoms with Crippen LogP contribution in [-0.4, -0.2) is 72.2 Å². The van der Waals surface area contributed by atoms with Crippen molar-refractivity contribution < 1.29 is 23.8 Å². The number of fused-ring (bicyclic) bond motifs is 2. The predicted molar refractivity (Wildman–Crippen MR) is 225 cm³/mol. The van der Waals surface area contributed by atoms with Crippen molar-refractivity contribution in [3.63, 3.8) is 0 Å². The molecule has 11 nitrogen and oxygen atoms in total. The van der Waals surface area contributed by atoms with Crippen LogP contribution in [0, 0.1) is 17.8 Å². The van der Waals surface area contributed by atoms with Gasteiger partial charge >= 0.3 is 0 Å². The van der Waals surface area contributed by atoms with Crippen LogP contribution in [0.15, 0.2) is 24.3 Å². The van der Waals surface area contributed by atoms with E-state index in [0.29, 0.717) is 84.7 Å². The van der Waals surface area contributed by atoms with Gasteiger partial charge in [0.15, 0.2) is 11.3 Å². The highest BCUT2D eigenvalue weighted by atomic mass is 35.5. The van der Waals surface area contributed by atoms with Gasteiger partial charge in [0.05, 0.1) is 18.3 Å². The van der Waals surface area contributed by atoms with E-state index in [1.165, 1.54) is 6.42 Å². The Morgan fingerprint density at radius 1 is 0.741 bits per heavy atom. The molecule has 12 heteroatoms. The molecule has 4 fully saturated rings. The van der Waals surface area contributed by atoms with Gasteiger partial charge in [-0.15, -0.1) is 0 Å². The lowest BCUT2D eigenvalue weighted by molar-refractivity contribution is -0.126. The Bertz CT molecular complexity index is 2080. The molecule has 3 atom stereocenters. The van der Waals surface area contributed by atoms with Gasteiger partial charge in [-0.25, -0.2) is 15.0 Å². The van der Waals surface area contributed by atoms with Crippen molar-refractivity contribution >= 4 is 45.5 Å². The van der Waals surface area contributed by atoms with Crippen molar-refractivity contribution in [1.29, 1.82) is 0 Å². The Labute approximate surface area is 348 Å². The second-order valence-corrected chi connectivity index (χ2v) is 19.3. The van der Waals surface area contributed by atoms with Crippen molar-refractivity contribution in [2.75, 3.05) is 20.3 Å². The number of aromatic nitrogens is 6. The van der Waals surface area contributed by atoms with Crippen molar-refractivity contribution in [3.05, 3.63) is 41.1 Å². The summed E-state index contributed by atoms with van der Waals surface area (Å²) in [6, 6.07) is 8.40. The number of nitrogens with zero attached hydrogens (tertiary/aromatic N) is 6. The standard InChI is InChI=1S/C46H63ClN6O5/c1-45(2)27-30(19-21-57-45)25-35(54)11-5-6-13-40-48-37-15-17-39(47)50-43(37)53(40)34-23-32(24-34)29-46(3)28-31(20-22-58-46)26-36(55)12-8-14-41-49-38-16-18-42(56-4)51-44(38)52(41)33-9-7-10-33/h15-18,30-34H,5-14,19-29H2,1-4H3. The summed E-state index contributed by atoms with van der Waals surface area (Å²) >= 11 is 6.41. The first-order valence-electron chi connectivity index (χ1n) is 22.2. The van der Waals surface area contributed by atoms with Crippen LogP contribution in [-0.2, 0) is 31.9 Å². The lowest BCUT2D eigenvalue weighted by atomic mass is 9.71. The van der Waals surface area contributed by atoms with Crippen LogP contribution in [0.4, 0.5) is 0 Å². The lowest BCUT2D eigenvalue weighted by Crippen LogP contribution is -2.42. The molecule has 2 aliphatic heterocycles. The molecule has 0 radical (unpaired) electrons. The van der Waals surface area contributed by atoms with E-state index in [1.54, 1.807) is 7.11 Å². The highest BCUT2D eigenvalue weighted by Crippen LogP contribution is 2.47. The van der Waals surface area contributed by atoms with Crippen molar-refractivity contribution in [2.45, 2.75) is 166 Å². The molecule has 4 aliphatic rings.